The van der Waals surface area contributed by atoms with Gasteiger partial charge in [-0.25, -0.2) is 0 Å². The highest BCUT2D eigenvalue weighted by Gasteiger charge is 2.32. The van der Waals surface area contributed by atoms with Crippen molar-refractivity contribution in [3.63, 3.8) is 0 Å². The smallest absolute Gasteiger partial charge is 0.416 e. The summed E-state index contributed by atoms with van der Waals surface area (Å²) in [5, 5.41) is 8.76. The zero-order chi connectivity index (χ0) is 17.7. The number of carbonyl (C=O) groups is 1. The Hall–Kier alpha value is -2.54. The monoisotopic (exact) mass is 339 g/mol. The van der Waals surface area contributed by atoms with Crippen LogP contribution in [0.1, 0.15) is 16.7 Å². The van der Waals surface area contributed by atoms with Crippen molar-refractivity contribution in [1.29, 1.82) is 0 Å². The average Bonchev–Trinajstić information content (AvgIpc) is 2.53. The molecule has 0 radical (unpaired) electrons. The first-order valence-corrected chi connectivity index (χ1v) is 7.12. The Kier molecular flexibility index (Phi) is 5.46. The second-order valence-corrected chi connectivity index (χ2v) is 5.24. The van der Waals surface area contributed by atoms with E-state index in [-0.39, 0.29) is 18.6 Å². The Balaban J connectivity index is 2.02. The van der Waals surface area contributed by atoms with E-state index in [4.69, 9.17) is 15.6 Å². The number of ether oxygens (including phenoxy) is 1. The van der Waals surface area contributed by atoms with Gasteiger partial charge in [0.25, 0.3) is 0 Å². The quantitative estimate of drug-likeness (QED) is 0.847. The lowest BCUT2D eigenvalue weighted by Gasteiger charge is -2.14. The number of alkyl halides is 3. The number of hydrogen-bond donors (Lipinski definition) is 2. The molecule has 0 aliphatic carbocycles. The van der Waals surface area contributed by atoms with Crippen LogP contribution in [0.5, 0.6) is 5.75 Å². The fourth-order valence-corrected chi connectivity index (χ4v) is 2.15. The Bertz CT molecular complexity index is 699. The van der Waals surface area contributed by atoms with Crippen molar-refractivity contribution in [2.24, 2.45) is 5.73 Å². The van der Waals surface area contributed by atoms with Crippen LogP contribution in [0.4, 0.5) is 13.2 Å². The summed E-state index contributed by atoms with van der Waals surface area (Å²) in [7, 11) is 0. The first kappa shape index (κ1) is 17.8. The van der Waals surface area contributed by atoms with Crippen LogP contribution in [0, 0.1) is 0 Å². The van der Waals surface area contributed by atoms with Crippen molar-refractivity contribution in [3.8, 4) is 5.75 Å². The van der Waals surface area contributed by atoms with E-state index in [1.54, 1.807) is 24.3 Å². The molecule has 0 saturated heterocycles. The molecule has 3 N–H and O–H groups in total. The van der Waals surface area contributed by atoms with Gasteiger partial charge in [0.1, 0.15) is 18.4 Å². The Morgan fingerprint density at radius 3 is 2.33 bits per heavy atom. The van der Waals surface area contributed by atoms with Crippen LogP contribution >= 0.6 is 0 Å². The zero-order valence-electron chi connectivity index (χ0n) is 12.6. The van der Waals surface area contributed by atoms with E-state index in [0.717, 1.165) is 6.07 Å². The minimum atomic E-state index is -4.43. The number of carboxylic acid groups (broad SMARTS) is 1. The molecule has 0 bridgehead atoms. The van der Waals surface area contributed by atoms with Gasteiger partial charge in [-0.05, 0) is 30.2 Å². The molecule has 2 rings (SSSR count). The standard InChI is InChI=1S/C17H16F3NO3/c18-17(19,20)14-4-2-1-3-12(14)10-24-13-7-5-11(6-8-13)9-15(21)16(22)23/h1-8,15H,9-10,21H2,(H,22,23)/t15-/m0/s1. The molecule has 0 spiro atoms. The summed E-state index contributed by atoms with van der Waals surface area (Å²) < 4.78 is 44.1. The lowest BCUT2D eigenvalue weighted by Crippen LogP contribution is -2.32. The molecule has 0 saturated carbocycles. The Morgan fingerprint density at radius 1 is 1.12 bits per heavy atom. The van der Waals surface area contributed by atoms with Crippen LogP contribution in [0.15, 0.2) is 48.5 Å². The molecule has 1 atom stereocenters. The number of benzene rings is 2. The predicted octanol–water partition coefficient (Wildman–Crippen LogP) is 3.24. The lowest BCUT2D eigenvalue weighted by atomic mass is 10.1. The van der Waals surface area contributed by atoms with Crippen molar-refractivity contribution >= 4 is 5.97 Å². The summed E-state index contributed by atoms with van der Waals surface area (Å²) >= 11 is 0. The minimum absolute atomic E-state index is 0.0435. The fraction of sp³-hybridized carbons (Fsp3) is 0.235. The molecule has 0 fully saturated rings. The maximum absolute atomic E-state index is 12.9. The van der Waals surface area contributed by atoms with Gasteiger partial charge in [-0.2, -0.15) is 13.2 Å². The molecular formula is C17H16F3NO3. The van der Waals surface area contributed by atoms with Gasteiger partial charge in [-0.15, -0.1) is 0 Å². The van der Waals surface area contributed by atoms with Gasteiger partial charge in [-0.3, -0.25) is 4.79 Å². The molecule has 2 aromatic rings. The molecular weight excluding hydrogens is 323 g/mol. The van der Waals surface area contributed by atoms with E-state index < -0.39 is 23.8 Å². The molecule has 128 valence electrons. The molecule has 24 heavy (non-hydrogen) atoms. The van der Waals surface area contributed by atoms with Crippen LogP contribution in [0.3, 0.4) is 0 Å². The van der Waals surface area contributed by atoms with Gasteiger partial charge in [0, 0.05) is 5.56 Å². The van der Waals surface area contributed by atoms with Gasteiger partial charge < -0.3 is 15.6 Å². The lowest BCUT2D eigenvalue weighted by molar-refractivity contribution is -0.139. The van der Waals surface area contributed by atoms with E-state index in [1.165, 1.54) is 18.2 Å². The SMILES string of the molecule is N[C@@H](Cc1ccc(OCc2ccccc2C(F)(F)F)cc1)C(=O)O. The van der Waals surface area contributed by atoms with Crippen LogP contribution in [0.25, 0.3) is 0 Å². The number of halogens is 3. The van der Waals surface area contributed by atoms with Crippen molar-refractivity contribution in [3.05, 3.63) is 65.2 Å². The largest absolute Gasteiger partial charge is 0.489 e. The highest BCUT2D eigenvalue weighted by Crippen LogP contribution is 2.32. The second kappa shape index (κ2) is 7.35. The third-order valence-electron chi connectivity index (χ3n) is 3.41. The summed E-state index contributed by atoms with van der Waals surface area (Å²) in [6.07, 6.45) is -4.27. The van der Waals surface area contributed by atoms with E-state index in [2.05, 4.69) is 0 Å². The molecule has 7 heteroatoms. The Morgan fingerprint density at radius 2 is 1.75 bits per heavy atom. The van der Waals surface area contributed by atoms with Crippen LogP contribution in [0.2, 0.25) is 0 Å². The summed E-state index contributed by atoms with van der Waals surface area (Å²) in [6, 6.07) is 10.6. The number of nitrogens with two attached hydrogens (primary N) is 1. The number of hydrogen-bond acceptors (Lipinski definition) is 3. The maximum atomic E-state index is 12.9. The van der Waals surface area contributed by atoms with Crippen molar-refractivity contribution < 1.29 is 27.8 Å². The van der Waals surface area contributed by atoms with E-state index in [9.17, 15) is 18.0 Å². The van der Waals surface area contributed by atoms with E-state index in [1.807, 2.05) is 0 Å². The van der Waals surface area contributed by atoms with Gasteiger partial charge in [-0.1, -0.05) is 30.3 Å². The summed E-state index contributed by atoms with van der Waals surface area (Å²) in [4.78, 5) is 10.7. The molecule has 0 amide bonds. The second-order valence-electron chi connectivity index (χ2n) is 5.24. The highest BCUT2D eigenvalue weighted by molar-refractivity contribution is 5.73. The molecule has 0 aliphatic heterocycles. The third-order valence-corrected chi connectivity index (χ3v) is 3.41. The summed E-state index contributed by atoms with van der Waals surface area (Å²) in [5.74, 6) is -0.710. The van der Waals surface area contributed by atoms with Gasteiger partial charge >= 0.3 is 12.1 Å². The normalized spacial score (nSPS) is 12.7. The topological polar surface area (TPSA) is 72.5 Å². The molecule has 4 nitrogen and oxygen atoms in total. The molecule has 0 unspecified atom stereocenters. The number of carboxylic acids is 1. The molecule has 0 aromatic heterocycles. The fourth-order valence-electron chi connectivity index (χ4n) is 2.15. The highest BCUT2D eigenvalue weighted by atomic mass is 19.4. The molecule has 0 heterocycles. The van der Waals surface area contributed by atoms with Crippen molar-refractivity contribution in [2.75, 3.05) is 0 Å². The average molecular weight is 339 g/mol. The third kappa shape index (κ3) is 4.73. The van der Waals surface area contributed by atoms with Crippen LogP contribution < -0.4 is 10.5 Å². The minimum Gasteiger partial charge on any atom is -0.489 e. The van der Waals surface area contributed by atoms with Crippen molar-refractivity contribution in [1.82, 2.24) is 0 Å². The number of rotatable bonds is 6. The van der Waals surface area contributed by atoms with Gasteiger partial charge in [0.2, 0.25) is 0 Å². The molecule has 0 aliphatic rings. The van der Waals surface area contributed by atoms with Gasteiger partial charge in [0.05, 0.1) is 5.56 Å². The van der Waals surface area contributed by atoms with Crippen LogP contribution in [-0.4, -0.2) is 17.1 Å². The molecule has 2 aromatic carbocycles. The summed E-state index contributed by atoms with van der Waals surface area (Å²) in [5.41, 5.74) is 5.46. The maximum Gasteiger partial charge on any atom is 0.416 e. The zero-order valence-corrected chi connectivity index (χ0v) is 12.6. The van der Waals surface area contributed by atoms with Crippen molar-refractivity contribution in [2.45, 2.75) is 25.2 Å². The van der Waals surface area contributed by atoms with E-state index in [0.29, 0.717) is 11.3 Å². The first-order chi connectivity index (χ1) is 11.3. The first-order valence-electron chi connectivity index (χ1n) is 7.12. The predicted molar refractivity (Wildman–Crippen MR) is 81.5 cm³/mol. The summed E-state index contributed by atoms with van der Waals surface area (Å²) in [6.45, 7) is -0.219. The van der Waals surface area contributed by atoms with Crippen LogP contribution in [-0.2, 0) is 24.0 Å². The van der Waals surface area contributed by atoms with E-state index >= 15 is 0 Å². The Labute approximate surface area is 136 Å². The number of aliphatic carboxylic acids is 1. The van der Waals surface area contributed by atoms with Gasteiger partial charge in [0.15, 0.2) is 0 Å².